The molecule has 2 atom stereocenters. The smallest absolute Gasteiger partial charge is 0.340 e. The van der Waals surface area contributed by atoms with Gasteiger partial charge < -0.3 is 20.5 Å². The molecule has 3 heterocycles. The fourth-order valence-corrected chi connectivity index (χ4v) is 5.47. The number of aromatic nitrogens is 2. The van der Waals surface area contributed by atoms with Crippen LogP contribution in [0.3, 0.4) is 0 Å². The Bertz CT molecular complexity index is 1480. The molecule has 0 bridgehead atoms. The third kappa shape index (κ3) is 5.68. The van der Waals surface area contributed by atoms with Crippen LogP contribution in [-0.2, 0) is 4.74 Å². The number of anilines is 1. The molecule has 0 spiro atoms. The average molecular weight is 586 g/mol. The van der Waals surface area contributed by atoms with Crippen LogP contribution in [0.25, 0.3) is 10.9 Å². The molecule has 4 rings (SSSR count). The lowest BCUT2D eigenvalue weighted by Gasteiger charge is -2.34. The summed E-state index contributed by atoms with van der Waals surface area (Å²) in [7, 11) is 1.53. The second kappa shape index (κ2) is 10.8. The molecule has 14 heteroatoms. The zero-order chi connectivity index (χ0) is 29.5. The van der Waals surface area contributed by atoms with Crippen molar-refractivity contribution < 1.29 is 35.8 Å². The Balaban J connectivity index is 1.52. The normalized spacial score (nSPS) is 23.3. The summed E-state index contributed by atoms with van der Waals surface area (Å²) in [5, 5.41) is 3.38. The topological polar surface area (TPSA) is 94.7 Å². The van der Waals surface area contributed by atoms with Gasteiger partial charge >= 0.3 is 12.3 Å². The molecule has 3 N–H and O–H groups in total. The number of thioether (sulfide) groups is 1. The summed E-state index contributed by atoms with van der Waals surface area (Å²) >= 11 is 1.28. The SMILES string of the molecule is C=C(/C(F)=C(F)\C=C(/C)Nc1nccc2cc(OCC(F)(F)C(F)F)cnc12)[C@@]1(C)N=C(N)S[C@@]2(COC)C=C12. The first-order valence-electron chi connectivity index (χ1n) is 11.7. The monoisotopic (exact) mass is 585 g/mol. The molecule has 0 saturated carbocycles. The van der Waals surface area contributed by atoms with Crippen LogP contribution in [0.15, 0.2) is 76.7 Å². The summed E-state index contributed by atoms with van der Waals surface area (Å²) in [5.41, 5.74) is 5.58. The van der Waals surface area contributed by atoms with Crippen LogP contribution in [-0.4, -0.2) is 58.1 Å². The van der Waals surface area contributed by atoms with Gasteiger partial charge in [0.15, 0.2) is 29.2 Å². The molecule has 40 heavy (non-hydrogen) atoms. The Labute approximate surface area is 229 Å². The van der Waals surface area contributed by atoms with E-state index in [1.807, 2.05) is 6.08 Å². The predicted molar refractivity (Wildman–Crippen MR) is 142 cm³/mol. The van der Waals surface area contributed by atoms with Crippen molar-refractivity contribution in [1.82, 2.24) is 9.97 Å². The van der Waals surface area contributed by atoms with Gasteiger partial charge in [-0.1, -0.05) is 24.4 Å². The third-order valence-electron chi connectivity index (χ3n) is 6.30. The highest BCUT2D eigenvalue weighted by Crippen LogP contribution is 2.59. The second-order valence-corrected chi connectivity index (χ2v) is 10.7. The highest BCUT2D eigenvalue weighted by molar-refractivity contribution is 8.15. The quantitative estimate of drug-likeness (QED) is 0.188. The number of fused-ring (bicyclic) bond motifs is 2. The van der Waals surface area contributed by atoms with Crippen molar-refractivity contribution >= 4 is 33.7 Å². The maximum atomic E-state index is 15.3. The first-order valence-corrected chi connectivity index (χ1v) is 12.5. The second-order valence-electron chi connectivity index (χ2n) is 9.35. The lowest BCUT2D eigenvalue weighted by molar-refractivity contribution is -0.148. The number of nitrogens with zero attached hydrogens (tertiary/aromatic N) is 3. The minimum atomic E-state index is -4.32. The van der Waals surface area contributed by atoms with Crippen LogP contribution >= 0.6 is 11.8 Å². The molecule has 1 aliphatic carbocycles. The Kier molecular flexibility index (Phi) is 7.96. The summed E-state index contributed by atoms with van der Waals surface area (Å²) < 4.78 is 90.9. The molecule has 0 fully saturated rings. The number of methoxy groups -OCH3 is 1. The van der Waals surface area contributed by atoms with Crippen LogP contribution < -0.4 is 15.8 Å². The number of nitrogens with two attached hydrogens (primary N) is 1. The standard InChI is InChI=1S/C26H25F6N5O2S/c1-13(7-17(27)19(28)14(2)24(3)18-9-25(18,11-38-4)40-23(33)37-24)36-21-20-15(5-6-34-21)8-16(10-35-20)39-12-26(31,32)22(29)30/h5-10,22H,2,11-12H2,1,3-4H3,(H2,33,37)(H,34,36)/b13-7+,19-17-/t24-,25-/m1/s1. The number of hydrogen-bond donors (Lipinski definition) is 2. The Morgan fingerprint density at radius 2 is 2.02 bits per heavy atom. The lowest BCUT2D eigenvalue weighted by atomic mass is 9.87. The zero-order valence-electron chi connectivity index (χ0n) is 21.6. The van der Waals surface area contributed by atoms with E-state index in [9.17, 15) is 17.6 Å². The highest BCUT2D eigenvalue weighted by atomic mass is 32.2. The largest absolute Gasteiger partial charge is 0.485 e. The maximum Gasteiger partial charge on any atom is 0.340 e. The molecular weight excluding hydrogens is 560 g/mol. The van der Waals surface area contributed by atoms with Gasteiger partial charge in [-0.2, -0.15) is 8.78 Å². The van der Waals surface area contributed by atoms with Gasteiger partial charge in [0.2, 0.25) is 0 Å². The van der Waals surface area contributed by atoms with Gasteiger partial charge in [0.1, 0.15) is 16.8 Å². The number of pyridine rings is 2. The van der Waals surface area contributed by atoms with E-state index in [1.165, 1.54) is 44.1 Å². The zero-order valence-corrected chi connectivity index (χ0v) is 22.4. The van der Waals surface area contributed by atoms with Gasteiger partial charge in [-0.05, 0) is 37.6 Å². The van der Waals surface area contributed by atoms with E-state index in [2.05, 4.69) is 26.9 Å². The third-order valence-corrected chi connectivity index (χ3v) is 7.42. The van der Waals surface area contributed by atoms with Crippen molar-refractivity contribution in [3.63, 3.8) is 0 Å². The number of halogens is 6. The van der Waals surface area contributed by atoms with Crippen LogP contribution in [0, 0.1) is 0 Å². The van der Waals surface area contributed by atoms with Crippen molar-refractivity contribution in [2.45, 2.75) is 36.5 Å². The van der Waals surface area contributed by atoms with Crippen LogP contribution in [0.2, 0.25) is 0 Å². The summed E-state index contributed by atoms with van der Waals surface area (Å²) in [5.74, 6) is -6.77. The fourth-order valence-electron chi connectivity index (χ4n) is 4.20. The van der Waals surface area contributed by atoms with Gasteiger partial charge in [0.25, 0.3) is 0 Å². The molecule has 214 valence electrons. The van der Waals surface area contributed by atoms with E-state index in [1.54, 1.807) is 6.92 Å². The van der Waals surface area contributed by atoms with Crippen LogP contribution in [0.4, 0.5) is 32.2 Å². The fraction of sp³-hybridized carbons (Fsp3) is 0.346. The minimum absolute atomic E-state index is 0.142. The molecule has 2 aliphatic rings. The summed E-state index contributed by atoms with van der Waals surface area (Å²) in [6, 6.07) is 2.80. The van der Waals surface area contributed by atoms with Crippen LogP contribution in [0.5, 0.6) is 5.75 Å². The summed E-state index contributed by atoms with van der Waals surface area (Å²) in [6.45, 7) is 5.59. The van der Waals surface area contributed by atoms with E-state index in [0.717, 1.165) is 17.8 Å². The average Bonchev–Trinajstić information content (AvgIpc) is 3.61. The Hall–Kier alpha value is -3.52. The number of hydrogen-bond acceptors (Lipinski definition) is 8. The number of alkyl halides is 4. The first-order chi connectivity index (χ1) is 18.7. The molecule has 2 aromatic rings. The highest BCUT2D eigenvalue weighted by Gasteiger charge is 2.58. The van der Waals surface area contributed by atoms with Gasteiger partial charge in [-0.3, -0.25) is 0 Å². The Morgan fingerprint density at radius 3 is 2.70 bits per heavy atom. The van der Waals surface area contributed by atoms with Gasteiger partial charge in [-0.15, -0.1) is 0 Å². The number of allylic oxidation sites excluding steroid dienone is 3. The van der Waals surface area contributed by atoms with Crippen molar-refractivity contribution in [3.05, 3.63) is 71.8 Å². The molecule has 0 amide bonds. The Morgan fingerprint density at radius 1 is 1.30 bits per heavy atom. The first kappa shape index (κ1) is 29.5. The van der Waals surface area contributed by atoms with Crippen molar-refractivity contribution in [2.75, 3.05) is 25.6 Å². The molecule has 0 unspecified atom stereocenters. The maximum absolute atomic E-state index is 15.3. The molecule has 1 aliphatic heterocycles. The van der Waals surface area contributed by atoms with E-state index in [4.69, 9.17) is 15.2 Å². The number of rotatable bonds is 11. The molecule has 0 saturated heterocycles. The van der Waals surface area contributed by atoms with Crippen molar-refractivity contribution in [2.24, 2.45) is 10.7 Å². The number of aliphatic imine (C=N–C) groups is 1. The van der Waals surface area contributed by atoms with Crippen molar-refractivity contribution in [1.29, 1.82) is 0 Å². The van der Waals surface area contributed by atoms with Gasteiger partial charge in [-0.25, -0.2) is 32.5 Å². The van der Waals surface area contributed by atoms with E-state index >= 15 is 8.78 Å². The van der Waals surface area contributed by atoms with E-state index in [0.29, 0.717) is 12.0 Å². The molecule has 0 radical (unpaired) electrons. The summed E-state index contributed by atoms with van der Waals surface area (Å²) in [6.07, 6.45) is 1.29. The number of ether oxygens (including phenoxy) is 2. The molecule has 0 aromatic carbocycles. The minimum Gasteiger partial charge on any atom is -0.485 e. The van der Waals surface area contributed by atoms with Gasteiger partial charge in [0, 0.05) is 30.0 Å². The number of nitrogens with one attached hydrogen (secondary N) is 1. The van der Waals surface area contributed by atoms with E-state index < -0.39 is 40.9 Å². The number of amidine groups is 1. The molecule has 7 nitrogen and oxygen atoms in total. The van der Waals surface area contributed by atoms with Crippen molar-refractivity contribution in [3.8, 4) is 5.75 Å². The van der Waals surface area contributed by atoms with Crippen LogP contribution in [0.1, 0.15) is 13.8 Å². The summed E-state index contributed by atoms with van der Waals surface area (Å²) in [4.78, 5) is 12.6. The lowest BCUT2D eigenvalue weighted by Crippen LogP contribution is -2.39. The van der Waals surface area contributed by atoms with Gasteiger partial charge in [0.05, 0.1) is 17.6 Å². The van der Waals surface area contributed by atoms with E-state index in [-0.39, 0.29) is 33.5 Å². The predicted octanol–water partition coefficient (Wildman–Crippen LogP) is 6.08. The molecular formula is C26H25F6N5O2S. The molecule has 2 aromatic heterocycles.